The second-order valence-electron chi connectivity index (χ2n) is 4.89. The van der Waals surface area contributed by atoms with Gasteiger partial charge in [0.1, 0.15) is 5.82 Å². The van der Waals surface area contributed by atoms with Gasteiger partial charge in [-0.05, 0) is 44.5 Å². The van der Waals surface area contributed by atoms with Crippen molar-refractivity contribution in [2.45, 2.75) is 31.7 Å². The van der Waals surface area contributed by atoms with Crippen LogP contribution in [-0.2, 0) is 10.0 Å². The smallest absolute Gasteiger partial charge is 0.263 e. The van der Waals surface area contributed by atoms with Crippen LogP contribution in [-0.4, -0.2) is 18.2 Å². The lowest BCUT2D eigenvalue weighted by molar-refractivity contribution is 0.539. The Labute approximate surface area is 118 Å². The van der Waals surface area contributed by atoms with E-state index in [0.717, 1.165) is 0 Å². The minimum absolute atomic E-state index is 0.0650. The van der Waals surface area contributed by atoms with Crippen LogP contribution in [0.4, 0.5) is 11.5 Å². The highest BCUT2D eigenvalue weighted by atomic mass is 32.2. The molecule has 2 aromatic rings. The Morgan fingerprint density at radius 2 is 2.00 bits per heavy atom. The van der Waals surface area contributed by atoms with Gasteiger partial charge in [-0.25, -0.2) is 13.1 Å². The Hall–Kier alpha value is -2.02. The maximum absolute atomic E-state index is 12.4. The summed E-state index contributed by atoms with van der Waals surface area (Å²) in [5, 5.41) is 4.10. The molecule has 2 rings (SSSR count). The van der Waals surface area contributed by atoms with Gasteiger partial charge >= 0.3 is 0 Å². The van der Waals surface area contributed by atoms with Gasteiger partial charge in [0.15, 0.2) is 0 Å². The highest BCUT2D eigenvalue weighted by molar-refractivity contribution is 7.92. The molecule has 0 aliphatic rings. The summed E-state index contributed by atoms with van der Waals surface area (Å²) in [6, 6.07) is 6.40. The summed E-state index contributed by atoms with van der Waals surface area (Å²) in [5.41, 5.74) is 6.78. The summed E-state index contributed by atoms with van der Waals surface area (Å²) in [6.45, 7) is 5.57. The molecular weight excluding hydrogens is 276 g/mol. The van der Waals surface area contributed by atoms with Crippen molar-refractivity contribution < 1.29 is 8.42 Å². The highest BCUT2D eigenvalue weighted by Crippen LogP contribution is 2.22. The van der Waals surface area contributed by atoms with Gasteiger partial charge in [0.25, 0.3) is 10.0 Å². The van der Waals surface area contributed by atoms with Gasteiger partial charge in [-0.3, -0.25) is 4.72 Å². The maximum Gasteiger partial charge on any atom is 0.263 e. The van der Waals surface area contributed by atoms with Crippen molar-refractivity contribution in [2.75, 3.05) is 10.5 Å². The summed E-state index contributed by atoms with van der Waals surface area (Å²) >= 11 is 0. The summed E-state index contributed by atoms with van der Waals surface area (Å²) in [5.74, 6) is 0.441. The molecule has 7 heteroatoms. The molecule has 0 bridgehead atoms. The fourth-order valence-electron chi connectivity index (χ4n) is 1.97. The quantitative estimate of drug-likeness (QED) is 0.845. The number of rotatable bonds is 4. The molecule has 3 N–H and O–H groups in total. The Kier molecular flexibility index (Phi) is 3.71. The van der Waals surface area contributed by atoms with E-state index < -0.39 is 10.0 Å². The van der Waals surface area contributed by atoms with Gasteiger partial charge in [-0.2, -0.15) is 5.10 Å². The van der Waals surface area contributed by atoms with E-state index in [0.29, 0.717) is 17.1 Å². The normalized spacial score (nSPS) is 11.8. The predicted molar refractivity (Wildman–Crippen MR) is 79.0 cm³/mol. The number of aromatic nitrogens is 2. The number of nitrogens with one attached hydrogen (secondary N) is 1. The van der Waals surface area contributed by atoms with Crippen molar-refractivity contribution in [1.29, 1.82) is 0 Å². The molecule has 6 nitrogen and oxygen atoms in total. The molecule has 0 aliphatic carbocycles. The molecule has 1 heterocycles. The molecule has 0 aliphatic heterocycles. The Bertz CT molecular complexity index is 720. The van der Waals surface area contributed by atoms with Gasteiger partial charge < -0.3 is 5.73 Å². The standard InChI is InChI=1S/C13H18N4O2S/c1-9(2)17-13(6-7-15-17)16-20(18,19)12-5-4-11(14)8-10(12)3/h4-9,16H,14H2,1-3H3. The van der Waals surface area contributed by atoms with Crippen LogP contribution in [0.25, 0.3) is 0 Å². The molecule has 0 amide bonds. The molecular formula is C13H18N4O2S. The van der Waals surface area contributed by atoms with Gasteiger partial charge in [-0.1, -0.05) is 0 Å². The largest absolute Gasteiger partial charge is 0.399 e. The summed E-state index contributed by atoms with van der Waals surface area (Å²) in [7, 11) is -3.65. The van der Waals surface area contributed by atoms with Gasteiger partial charge in [0, 0.05) is 17.8 Å². The number of nitrogens with two attached hydrogens (primary N) is 1. The van der Waals surface area contributed by atoms with E-state index in [2.05, 4.69) is 9.82 Å². The van der Waals surface area contributed by atoms with E-state index in [9.17, 15) is 8.42 Å². The first-order valence-corrected chi connectivity index (χ1v) is 7.72. The third kappa shape index (κ3) is 2.77. The monoisotopic (exact) mass is 294 g/mol. The molecule has 20 heavy (non-hydrogen) atoms. The lowest BCUT2D eigenvalue weighted by Gasteiger charge is -2.14. The van der Waals surface area contributed by atoms with Crippen LogP contribution in [0.5, 0.6) is 0 Å². The predicted octanol–water partition coefficient (Wildman–Crippen LogP) is 2.16. The van der Waals surface area contributed by atoms with E-state index in [1.54, 1.807) is 36.0 Å². The van der Waals surface area contributed by atoms with Gasteiger partial charge in [0.2, 0.25) is 0 Å². The van der Waals surface area contributed by atoms with Crippen LogP contribution in [0.1, 0.15) is 25.5 Å². The minimum Gasteiger partial charge on any atom is -0.399 e. The van der Waals surface area contributed by atoms with Crippen LogP contribution in [0.15, 0.2) is 35.4 Å². The molecule has 0 spiro atoms. The third-order valence-corrected chi connectivity index (χ3v) is 4.40. The number of sulfonamides is 1. The molecule has 108 valence electrons. The highest BCUT2D eigenvalue weighted by Gasteiger charge is 2.19. The fraction of sp³-hybridized carbons (Fsp3) is 0.308. The number of nitrogen functional groups attached to an aromatic ring is 1. The van der Waals surface area contributed by atoms with Gasteiger partial charge in [-0.15, -0.1) is 0 Å². The molecule has 0 saturated carbocycles. The first-order chi connectivity index (χ1) is 9.31. The average Bonchev–Trinajstić information content (AvgIpc) is 2.75. The maximum atomic E-state index is 12.4. The zero-order valence-electron chi connectivity index (χ0n) is 11.7. The molecule has 0 radical (unpaired) electrons. The topological polar surface area (TPSA) is 90.0 Å². The van der Waals surface area contributed by atoms with Crippen molar-refractivity contribution in [2.24, 2.45) is 0 Å². The second-order valence-corrected chi connectivity index (χ2v) is 6.54. The summed E-state index contributed by atoms with van der Waals surface area (Å²) < 4.78 is 29.0. The first kappa shape index (κ1) is 14.4. The number of hydrogen-bond acceptors (Lipinski definition) is 4. The Morgan fingerprint density at radius 1 is 1.30 bits per heavy atom. The van der Waals surface area contributed by atoms with Crippen molar-refractivity contribution in [1.82, 2.24) is 9.78 Å². The second kappa shape index (κ2) is 5.16. The lowest BCUT2D eigenvalue weighted by atomic mass is 10.2. The number of anilines is 2. The van der Waals surface area contributed by atoms with Crippen LogP contribution >= 0.6 is 0 Å². The zero-order chi connectivity index (χ0) is 14.9. The summed E-state index contributed by atoms with van der Waals surface area (Å²) in [4.78, 5) is 0.211. The molecule has 0 unspecified atom stereocenters. The number of benzene rings is 1. The van der Waals surface area contributed by atoms with E-state index in [1.807, 2.05) is 13.8 Å². The van der Waals surface area contributed by atoms with Crippen LogP contribution < -0.4 is 10.5 Å². The van der Waals surface area contributed by atoms with Crippen LogP contribution in [0, 0.1) is 6.92 Å². The lowest BCUT2D eigenvalue weighted by Crippen LogP contribution is -2.18. The minimum atomic E-state index is -3.65. The molecule has 1 aromatic heterocycles. The first-order valence-electron chi connectivity index (χ1n) is 6.24. The summed E-state index contributed by atoms with van der Waals surface area (Å²) in [6.07, 6.45) is 1.56. The molecule has 0 saturated heterocycles. The zero-order valence-corrected chi connectivity index (χ0v) is 12.5. The molecule has 0 atom stereocenters. The number of aryl methyl sites for hydroxylation is 1. The van der Waals surface area contributed by atoms with E-state index in [1.165, 1.54) is 6.07 Å². The molecule has 1 aromatic carbocycles. The van der Waals surface area contributed by atoms with Crippen LogP contribution in [0.2, 0.25) is 0 Å². The van der Waals surface area contributed by atoms with Gasteiger partial charge in [0.05, 0.1) is 11.1 Å². The fourth-order valence-corrected chi connectivity index (χ4v) is 3.25. The SMILES string of the molecule is Cc1cc(N)ccc1S(=O)(=O)Nc1ccnn1C(C)C. The molecule has 0 fully saturated rings. The van der Waals surface area contributed by atoms with Crippen LogP contribution in [0.3, 0.4) is 0 Å². The number of hydrogen-bond donors (Lipinski definition) is 2. The third-order valence-electron chi connectivity index (χ3n) is 2.89. The van der Waals surface area contributed by atoms with Crippen molar-refractivity contribution in [3.8, 4) is 0 Å². The van der Waals surface area contributed by atoms with E-state index in [4.69, 9.17) is 5.73 Å². The van der Waals surface area contributed by atoms with E-state index >= 15 is 0 Å². The average molecular weight is 294 g/mol. The van der Waals surface area contributed by atoms with E-state index in [-0.39, 0.29) is 10.9 Å². The van der Waals surface area contributed by atoms with Crippen molar-refractivity contribution in [3.63, 3.8) is 0 Å². The van der Waals surface area contributed by atoms with Crippen molar-refractivity contribution in [3.05, 3.63) is 36.0 Å². The van der Waals surface area contributed by atoms with Crippen molar-refractivity contribution >= 4 is 21.5 Å². The number of nitrogens with zero attached hydrogens (tertiary/aromatic N) is 2. The Morgan fingerprint density at radius 3 is 2.60 bits per heavy atom. The Balaban J connectivity index is 2.38.